The number of alkyl halides is 1. The Morgan fingerprint density at radius 3 is 2.26 bits per heavy atom. The molecule has 1 heterocycles. The predicted octanol–water partition coefficient (Wildman–Crippen LogP) is 2.50. The Hall–Kier alpha value is -1.32. The lowest BCUT2D eigenvalue weighted by Crippen LogP contribution is -2.38. The lowest BCUT2D eigenvalue weighted by Gasteiger charge is -2.26. The highest BCUT2D eigenvalue weighted by Gasteiger charge is 2.51. The van der Waals surface area contributed by atoms with E-state index in [9.17, 15) is 9.18 Å². The van der Waals surface area contributed by atoms with Gasteiger partial charge in [-0.3, -0.25) is 4.79 Å². The summed E-state index contributed by atoms with van der Waals surface area (Å²) in [6.45, 7) is 10.1. The first kappa shape index (κ1) is 14.1. The number of aromatic nitrogens is 1. The van der Waals surface area contributed by atoms with Crippen LogP contribution in [0.1, 0.15) is 49.7 Å². The molecule has 1 unspecified atom stereocenters. The van der Waals surface area contributed by atoms with Gasteiger partial charge in [-0.15, -0.1) is 0 Å². The summed E-state index contributed by atoms with van der Waals surface area (Å²) in [4.78, 5) is 11.9. The summed E-state index contributed by atoms with van der Waals surface area (Å²) in [6.07, 6.45) is 0.720. The molecule has 1 aliphatic carbocycles. The normalized spacial score (nSPS) is 24.5. The smallest absolute Gasteiger partial charge is 0.227 e. The van der Waals surface area contributed by atoms with E-state index in [2.05, 4.69) is 13.8 Å². The third kappa shape index (κ3) is 1.72. The van der Waals surface area contributed by atoms with Crippen LogP contribution >= 0.6 is 0 Å². The second-order valence-corrected chi connectivity index (χ2v) is 6.52. The minimum absolute atomic E-state index is 0.102. The highest BCUT2D eigenvalue weighted by Crippen LogP contribution is 2.52. The van der Waals surface area contributed by atoms with Crippen molar-refractivity contribution < 1.29 is 9.18 Å². The van der Waals surface area contributed by atoms with Crippen LogP contribution in [0.25, 0.3) is 0 Å². The minimum Gasteiger partial charge on any atom is -0.369 e. The van der Waals surface area contributed by atoms with Gasteiger partial charge in [0.2, 0.25) is 5.91 Å². The van der Waals surface area contributed by atoms with Gasteiger partial charge in [-0.1, -0.05) is 13.8 Å². The zero-order valence-electron chi connectivity index (χ0n) is 12.4. The molecule has 1 aliphatic rings. The second kappa shape index (κ2) is 4.09. The number of carbonyl (C=O) groups excluding carboxylic acids is 1. The zero-order chi connectivity index (χ0) is 14.6. The van der Waals surface area contributed by atoms with Crippen LogP contribution in [0.15, 0.2) is 0 Å². The van der Waals surface area contributed by atoms with Crippen LogP contribution < -0.4 is 5.73 Å². The molecular weight excluding hydrogens is 243 g/mol. The largest absolute Gasteiger partial charge is 0.369 e. The van der Waals surface area contributed by atoms with E-state index in [4.69, 9.17) is 5.73 Å². The van der Waals surface area contributed by atoms with E-state index in [0.29, 0.717) is 6.54 Å². The van der Waals surface area contributed by atoms with Crippen molar-refractivity contribution in [1.82, 2.24) is 4.57 Å². The Kier molecular flexibility index (Phi) is 3.03. The standard InChI is InChI=1S/C15H23FN2O/c1-9-11-12(10(2)18(9)7-6-16)15(5,13(17)19)8-14(11,3)4/h6-8H2,1-5H3,(H2,17,19). The quantitative estimate of drug-likeness (QED) is 0.897. The Labute approximate surface area is 114 Å². The van der Waals surface area contributed by atoms with Gasteiger partial charge in [-0.25, -0.2) is 4.39 Å². The molecule has 19 heavy (non-hydrogen) atoms. The van der Waals surface area contributed by atoms with Crippen LogP contribution in [0.2, 0.25) is 0 Å². The van der Waals surface area contributed by atoms with Gasteiger partial charge in [0.05, 0.1) is 12.0 Å². The van der Waals surface area contributed by atoms with Gasteiger partial charge < -0.3 is 10.3 Å². The van der Waals surface area contributed by atoms with Gasteiger partial charge in [-0.05, 0) is 43.7 Å². The minimum atomic E-state index is -0.644. The molecule has 3 nitrogen and oxygen atoms in total. The molecule has 0 spiro atoms. The van der Waals surface area contributed by atoms with Crippen LogP contribution in [-0.2, 0) is 22.2 Å². The summed E-state index contributed by atoms with van der Waals surface area (Å²) < 4.78 is 14.7. The van der Waals surface area contributed by atoms with Crippen molar-refractivity contribution in [2.24, 2.45) is 5.73 Å². The third-order valence-electron chi connectivity index (χ3n) is 4.66. The molecule has 4 heteroatoms. The molecule has 0 aliphatic heterocycles. The lowest BCUT2D eigenvalue weighted by molar-refractivity contribution is -0.123. The fourth-order valence-corrected chi connectivity index (χ4v) is 4.08. The van der Waals surface area contributed by atoms with Crippen LogP contribution in [0.5, 0.6) is 0 Å². The number of halogens is 1. The van der Waals surface area contributed by atoms with Crippen molar-refractivity contribution in [2.75, 3.05) is 6.67 Å². The van der Waals surface area contributed by atoms with E-state index in [1.54, 1.807) is 0 Å². The van der Waals surface area contributed by atoms with Gasteiger partial charge in [0.1, 0.15) is 6.67 Å². The third-order valence-corrected chi connectivity index (χ3v) is 4.66. The number of nitrogens with two attached hydrogens (primary N) is 1. The summed E-state index contributed by atoms with van der Waals surface area (Å²) in [5, 5.41) is 0. The first-order chi connectivity index (χ1) is 8.66. The van der Waals surface area contributed by atoms with Gasteiger partial charge >= 0.3 is 0 Å². The molecular formula is C15H23FN2O. The monoisotopic (exact) mass is 266 g/mol. The van der Waals surface area contributed by atoms with Crippen molar-refractivity contribution in [3.05, 3.63) is 22.5 Å². The first-order valence-corrected chi connectivity index (χ1v) is 6.73. The molecule has 2 rings (SSSR count). The average Bonchev–Trinajstić information content (AvgIpc) is 2.66. The maximum absolute atomic E-state index is 12.7. The van der Waals surface area contributed by atoms with Crippen molar-refractivity contribution >= 4 is 5.91 Å². The maximum Gasteiger partial charge on any atom is 0.227 e. The van der Waals surface area contributed by atoms with Crippen molar-refractivity contribution in [2.45, 2.75) is 58.4 Å². The number of amides is 1. The maximum atomic E-state index is 12.7. The first-order valence-electron chi connectivity index (χ1n) is 6.73. The lowest BCUT2D eigenvalue weighted by atomic mass is 9.79. The number of carbonyl (C=O) groups is 1. The van der Waals surface area contributed by atoms with Gasteiger partial charge in [0.15, 0.2) is 0 Å². The number of hydrogen-bond acceptors (Lipinski definition) is 1. The molecule has 0 radical (unpaired) electrons. The van der Waals surface area contributed by atoms with Crippen LogP contribution in [-0.4, -0.2) is 17.1 Å². The Morgan fingerprint density at radius 2 is 1.79 bits per heavy atom. The fraction of sp³-hybridized carbons (Fsp3) is 0.667. The molecule has 0 bridgehead atoms. The molecule has 1 aromatic rings. The summed E-state index contributed by atoms with van der Waals surface area (Å²) in [5.74, 6) is -0.292. The zero-order valence-corrected chi connectivity index (χ0v) is 12.4. The molecule has 0 saturated carbocycles. The van der Waals surface area contributed by atoms with Crippen molar-refractivity contribution in [3.63, 3.8) is 0 Å². The number of hydrogen-bond donors (Lipinski definition) is 1. The van der Waals surface area contributed by atoms with Crippen LogP contribution in [0.4, 0.5) is 4.39 Å². The average molecular weight is 266 g/mol. The SMILES string of the molecule is Cc1c2c(c(C)n1CCF)C(C)(C(N)=O)CC2(C)C. The van der Waals surface area contributed by atoms with E-state index in [0.717, 1.165) is 23.4 Å². The molecule has 2 N–H and O–H groups in total. The molecule has 1 amide bonds. The molecule has 0 saturated heterocycles. The van der Waals surface area contributed by atoms with Crippen molar-refractivity contribution in [1.29, 1.82) is 0 Å². The Morgan fingerprint density at radius 1 is 1.26 bits per heavy atom. The van der Waals surface area contributed by atoms with E-state index in [1.807, 2.05) is 25.3 Å². The number of rotatable bonds is 3. The molecule has 1 atom stereocenters. The number of primary amides is 1. The summed E-state index contributed by atoms with van der Waals surface area (Å²) in [6, 6.07) is 0. The van der Waals surface area contributed by atoms with Gasteiger partial charge in [-0.2, -0.15) is 0 Å². The van der Waals surface area contributed by atoms with Gasteiger partial charge in [0, 0.05) is 11.4 Å². The molecule has 0 fully saturated rings. The highest BCUT2D eigenvalue weighted by atomic mass is 19.1. The second-order valence-electron chi connectivity index (χ2n) is 6.52. The van der Waals surface area contributed by atoms with Crippen LogP contribution in [0.3, 0.4) is 0 Å². The topological polar surface area (TPSA) is 48.0 Å². The van der Waals surface area contributed by atoms with E-state index in [-0.39, 0.29) is 11.3 Å². The Bertz CT molecular complexity index is 545. The predicted molar refractivity (Wildman–Crippen MR) is 74.1 cm³/mol. The molecule has 1 aromatic heterocycles. The summed E-state index contributed by atoms with van der Waals surface area (Å²) >= 11 is 0. The van der Waals surface area contributed by atoms with Crippen LogP contribution in [0, 0.1) is 13.8 Å². The molecule has 106 valence electrons. The number of fused-ring (bicyclic) bond motifs is 1. The van der Waals surface area contributed by atoms with E-state index in [1.165, 1.54) is 5.56 Å². The fourth-order valence-electron chi connectivity index (χ4n) is 4.08. The van der Waals surface area contributed by atoms with Gasteiger partial charge in [0.25, 0.3) is 0 Å². The molecule has 0 aromatic carbocycles. The Balaban J connectivity index is 2.76. The number of nitrogens with zero attached hydrogens (tertiary/aromatic N) is 1. The highest BCUT2D eigenvalue weighted by molar-refractivity contribution is 5.89. The summed E-state index contributed by atoms with van der Waals surface area (Å²) in [7, 11) is 0. The van der Waals surface area contributed by atoms with E-state index < -0.39 is 12.1 Å². The van der Waals surface area contributed by atoms with E-state index >= 15 is 0 Å². The summed E-state index contributed by atoms with van der Waals surface area (Å²) in [5.41, 5.74) is 9.16. The van der Waals surface area contributed by atoms with Crippen molar-refractivity contribution in [3.8, 4) is 0 Å².